The van der Waals surface area contributed by atoms with Gasteiger partial charge in [0.05, 0.1) is 17.5 Å². The molecule has 4 heterocycles. The standard InChI is InChI=1S/C31H28N4O4/c1-2-22-26-27(29(38)35(28(26)37)20-11-4-3-5-12-20)31(32-22)21-13-7-9-15-24(21)34(30(31)39)18-25(36)33-17-16-19-10-6-8-14-23(19)33/h3-15,22,26-27,32H,2,16-18H2,1H3. The Balaban J connectivity index is 1.29. The van der Waals surface area contributed by atoms with E-state index in [1.165, 1.54) is 9.80 Å². The fraction of sp³-hybridized carbons (Fsp3) is 0.290. The number of carbonyl (C=O) groups is 4. The minimum Gasteiger partial charge on any atom is -0.310 e. The molecule has 3 aromatic rings. The van der Waals surface area contributed by atoms with Gasteiger partial charge < -0.3 is 9.80 Å². The average Bonchev–Trinajstić information content (AvgIpc) is 3.68. The fourth-order valence-electron chi connectivity index (χ4n) is 7.11. The molecule has 196 valence electrons. The lowest BCUT2D eigenvalue weighted by atomic mass is 9.76. The number of hydrogen-bond donors (Lipinski definition) is 1. The summed E-state index contributed by atoms with van der Waals surface area (Å²) in [5.41, 5.74) is 2.32. The normalized spacial score (nSPS) is 26.9. The van der Waals surface area contributed by atoms with Crippen molar-refractivity contribution in [1.82, 2.24) is 5.32 Å². The molecule has 1 N–H and O–H groups in total. The van der Waals surface area contributed by atoms with Crippen molar-refractivity contribution < 1.29 is 19.2 Å². The van der Waals surface area contributed by atoms with Gasteiger partial charge in [0, 0.05) is 29.5 Å². The van der Waals surface area contributed by atoms with Crippen molar-refractivity contribution in [2.75, 3.05) is 27.8 Å². The van der Waals surface area contributed by atoms with Gasteiger partial charge in [0.15, 0.2) is 0 Å². The maximum absolute atomic E-state index is 14.5. The van der Waals surface area contributed by atoms with Crippen molar-refractivity contribution in [2.24, 2.45) is 11.8 Å². The highest BCUT2D eigenvalue weighted by Gasteiger charge is 2.71. The number of hydrogen-bond acceptors (Lipinski definition) is 5. The number of benzene rings is 3. The highest BCUT2D eigenvalue weighted by atomic mass is 16.2. The summed E-state index contributed by atoms with van der Waals surface area (Å²) in [7, 11) is 0. The topological polar surface area (TPSA) is 90.0 Å². The van der Waals surface area contributed by atoms with Crippen LogP contribution in [0.4, 0.5) is 17.1 Å². The van der Waals surface area contributed by atoms with Gasteiger partial charge in [-0.3, -0.25) is 24.5 Å². The van der Waals surface area contributed by atoms with Crippen LogP contribution < -0.4 is 20.0 Å². The third-order valence-corrected chi connectivity index (χ3v) is 8.80. The molecule has 0 aliphatic carbocycles. The van der Waals surface area contributed by atoms with Gasteiger partial charge in [0.2, 0.25) is 17.7 Å². The third-order valence-electron chi connectivity index (χ3n) is 8.80. The lowest BCUT2D eigenvalue weighted by Crippen LogP contribution is -2.56. The molecule has 4 aliphatic rings. The number of nitrogens with zero attached hydrogens (tertiary/aromatic N) is 3. The molecular weight excluding hydrogens is 492 g/mol. The van der Waals surface area contributed by atoms with Gasteiger partial charge in [-0.25, -0.2) is 4.90 Å². The predicted octanol–water partition coefficient (Wildman–Crippen LogP) is 3.01. The van der Waals surface area contributed by atoms with Crippen molar-refractivity contribution in [3.8, 4) is 0 Å². The van der Waals surface area contributed by atoms with Gasteiger partial charge >= 0.3 is 0 Å². The van der Waals surface area contributed by atoms with Gasteiger partial charge in [-0.2, -0.15) is 0 Å². The van der Waals surface area contributed by atoms with Crippen molar-refractivity contribution >= 4 is 40.7 Å². The van der Waals surface area contributed by atoms with Gasteiger partial charge in [-0.05, 0) is 42.7 Å². The smallest absolute Gasteiger partial charge is 0.253 e. The summed E-state index contributed by atoms with van der Waals surface area (Å²) in [6.45, 7) is 2.37. The van der Waals surface area contributed by atoms with Crippen LogP contribution in [-0.2, 0) is 31.1 Å². The van der Waals surface area contributed by atoms with Crippen LogP contribution in [0.25, 0.3) is 0 Å². The van der Waals surface area contributed by atoms with Crippen LogP contribution in [0.1, 0.15) is 24.5 Å². The monoisotopic (exact) mass is 520 g/mol. The summed E-state index contributed by atoms with van der Waals surface area (Å²) in [5, 5.41) is 3.46. The van der Waals surface area contributed by atoms with E-state index in [0.717, 1.165) is 17.7 Å². The Kier molecular flexibility index (Phi) is 5.25. The summed E-state index contributed by atoms with van der Waals surface area (Å²) < 4.78 is 0. The molecule has 39 heavy (non-hydrogen) atoms. The SMILES string of the molecule is CCC1NC2(C(=O)N(CC(=O)N3CCc4ccccc43)c3ccccc32)C2C(=O)N(c3ccccc3)C(=O)C12. The van der Waals surface area contributed by atoms with E-state index in [-0.39, 0.29) is 36.2 Å². The maximum atomic E-state index is 14.5. The quantitative estimate of drug-likeness (QED) is 0.535. The Morgan fingerprint density at radius 2 is 1.59 bits per heavy atom. The lowest BCUT2D eigenvalue weighted by molar-refractivity contribution is -0.132. The predicted molar refractivity (Wildman–Crippen MR) is 146 cm³/mol. The van der Waals surface area contributed by atoms with Crippen LogP contribution in [-0.4, -0.2) is 42.8 Å². The zero-order valence-electron chi connectivity index (χ0n) is 21.5. The minimum absolute atomic E-state index is 0.147. The molecule has 0 radical (unpaired) electrons. The van der Waals surface area contributed by atoms with E-state index in [9.17, 15) is 19.2 Å². The van der Waals surface area contributed by atoms with Gasteiger partial charge in [0.1, 0.15) is 12.1 Å². The van der Waals surface area contributed by atoms with E-state index in [1.807, 2.05) is 61.5 Å². The largest absolute Gasteiger partial charge is 0.310 e. The minimum atomic E-state index is -1.42. The van der Waals surface area contributed by atoms with E-state index in [1.54, 1.807) is 29.2 Å². The molecule has 4 amide bonds. The Labute approximate surface area is 226 Å². The molecule has 4 aliphatic heterocycles. The number of amides is 4. The van der Waals surface area contributed by atoms with Crippen LogP contribution in [0.3, 0.4) is 0 Å². The number of imide groups is 1. The highest BCUT2D eigenvalue weighted by molar-refractivity contribution is 6.26. The molecule has 3 aromatic carbocycles. The summed E-state index contributed by atoms with van der Waals surface area (Å²) in [4.78, 5) is 60.4. The summed E-state index contributed by atoms with van der Waals surface area (Å²) in [5.74, 6) is -2.80. The van der Waals surface area contributed by atoms with Crippen molar-refractivity contribution in [2.45, 2.75) is 31.3 Å². The highest BCUT2D eigenvalue weighted by Crippen LogP contribution is 2.55. The molecule has 0 saturated carbocycles. The third kappa shape index (κ3) is 3.15. The van der Waals surface area contributed by atoms with E-state index in [4.69, 9.17) is 0 Å². The van der Waals surface area contributed by atoms with Crippen LogP contribution in [0, 0.1) is 11.8 Å². The first kappa shape index (κ1) is 23.8. The van der Waals surface area contributed by atoms with Crippen LogP contribution in [0.2, 0.25) is 0 Å². The number of para-hydroxylation sites is 3. The zero-order valence-corrected chi connectivity index (χ0v) is 21.5. The molecule has 8 nitrogen and oxygen atoms in total. The molecule has 4 unspecified atom stereocenters. The molecule has 2 saturated heterocycles. The number of nitrogens with one attached hydrogen (secondary N) is 1. The fourth-order valence-corrected chi connectivity index (χ4v) is 7.11. The number of carbonyl (C=O) groups excluding carboxylic acids is 4. The van der Waals surface area contributed by atoms with E-state index in [2.05, 4.69) is 5.32 Å². The Morgan fingerprint density at radius 1 is 0.897 bits per heavy atom. The van der Waals surface area contributed by atoms with Crippen LogP contribution in [0.15, 0.2) is 78.9 Å². The number of rotatable bonds is 4. The maximum Gasteiger partial charge on any atom is 0.253 e. The van der Waals surface area contributed by atoms with Gasteiger partial charge in [0.25, 0.3) is 5.91 Å². The van der Waals surface area contributed by atoms with Crippen molar-refractivity contribution in [3.63, 3.8) is 0 Å². The van der Waals surface area contributed by atoms with E-state index >= 15 is 0 Å². The molecule has 0 bridgehead atoms. The lowest BCUT2D eigenvalue weighted by Gasteiger charge is -2.30. The Morgan fingerprint density at radius 3 is 2.36 bits per heavy atom. The summed E-state index contributed by atoms with van der Waals surface area (Å²) >= 11 is 0. The molecule has 4 atom stereocenters. The number of anilines is 3. The van der Waals surface area contributed by atoms with Crippen LogP contribution in [0.5, 0.6) is 0 Å². The first-order valence-corrected chi connectivity index (χ1v) is 13.5. The van der Waals surface area contributed by atoms with Gasteiger partial charge in [-0.1, -0.05) is 61.5 Å². The molecule has 1 spiro atoms. The molecular formula is C31H28N4O4. The molecule has 7 rings (SSSR count). The Hall–Kier alpha value is -4.30. The molecule has 0 aromatic heterocycles. The van der Waals surface area contributed by atoms with Gasteiger partial charge in [-0.15, -0.1) is 0 Å². The Bertz CT molecular complexity index is 1540. The summed E-state index contributed by atoms with van der Waals surface area (Å²) in [6, 6.07) is 23.7. The van der Waals surface area contributed by atoms with Crippen molar-refractivity contribution in [1.29, 1.82) is 0 Å². The zero-order chi connectivity index (χ0) is 26.9. The first-order valence-electron chi connectivity index (χ1n) is 13.5. The molecule has 2 fully saturated rings. The number of fused-ring (bicyclic) bond motifs is 5. The summed E-state index contributed by atoms with van der Waals surface area (Å²) in [6.07, 6.45) is 1.34. The molecule has 8 heteroatoms. The second kappa shape index (κ2) is 8.61. The van der Waals surface area contributed by atoms with Crippen molar-refractivity contribution in [3.05, 3.63) is 90.0 Å². The van der Waals surface area contributed by atoms with E-state index < -0.39 is 17.4 Å². The first-order chi connectivity index (χ1) is 19.0. The van der Waals surface area contributed by atoms with Crippen LogP contribution >= 0.6 is 0 Å². The average molecular weight is 521 g/mol. The second-order valence-electron chi connectivity index (χ2n) is 10.7. The second-order valence-corrected chi connectivity index (χ2v) is 10.7. The van der Waals surface area contributed by atoms with E-state index in [0.29, 0.717) is 29.9 Å².